The monoisotopic (exact) mass is 340 g/mol. The zero-order chi connectivity index (χ0) is 14.6. The van der Waals surface area contributed by atoms with Gasteiger partial charge in [0.1, 0.15) is 0 Å². The quantitative estimate of drug-likeness (QED) is 0.914. The average Bonchev–Trinajstić information content (AvgIpc) is 2.46. The van der Waals surface area contributed by atoms with Crippen LogP contribution in [0.25, 0.3) is 0 Å². The van der Waals surface area contributed by atoms with Gasteiger partial charge in [-0.25, -0.2) is 0 Å². The molecule has 0 bridgehead atoms. The summed E-state index contributed by atoms with van der Waals surface area (Å²) in [5.41, 5.74) is 0.692. The van der Waals surface area contributed by atoms with Crippen LogP contribution in [0.15, 0.2) is 28.7 Å². The first-order valence-electron chi connectivity index (χ1n) is 6.82. The number of ether oxygens (including phenoxy) is 1. The highest BCUT2D eigenvalue weighted by Crippen LogP contribution is 2.25. The van der Waals surface area contributed by atoms with Gasteiger partial charge < -0.3 is 15.0 Å². The maximum absolute atomic E-state index is 12.2. The number of amides is 1. The van der Waals surface area contributed by atoms with Gasteiger partial charge in [-0.2, -0.15) is 0 Å². The minimum atomic E-state index is -0.0229. The maximum Gasteiger partial charge on any atom is 0.251 e. The second-order valence-corrected chi connectivity index (χ2v) is 6.34. The SMILES string of the molecule is CN(C)C1(CNC(=O)c2ccc(Br)cc2)CCOCC1. The maximum atomic E-state index is 12.2. The lowest BCUT2D eigenvalue weighted by atomic mass is 9.88. The first-order chi connectivity index (χ1) is 9.53. The summed E-state index contributed by atoms with van der Waals surface area (Å²) >= 11 is 3.37. The van der Waals surface area contributed by atoms with E-state index in [9.17, 15) is 4.79 Å². The van der Waals surface area contributed by atoms with Crippen molar-refractivity contribution in [2.45, 2.75) is 18.4 Å². The number of likely N-dealkylation sites (N-methyl/N-ethyl adjacent to an activating group) is 1. The molecule has 0 radical (unpaired) electrons. The molecule has 0 unspecified atom stereocenters. The molecule has 1 saturated heterocycles. The molecule has 0 atom stereocenters. The van der Waals surface area contributed by atoms with Crippen molar-refractivity contribution < 1.29 is 9.53 Å². The largest absolute Gasteiger partial charge is 0.381 e. The predicted molar refractivity (Wildman–Crippen MR) is 82.9 cm³/mol. The number of hydrogen-bond acceptors (Lipinski definition) is 3. The van der Waals surface area contributed by atoms with Crippen LogP contribution < -0.4 is 5.32 Å². The molecule has 1 aliphatic heterocycles. The molecule has 5 heteroatoms. The Morgan fingerprint density at radius 1 is 1.30 bits per heavy atom. The van der Waals surface area contributed by atoms with Crippen LogP contribution in [0, 0.1) is 0 Å². The van der Waals surface area contributed by atoms with Crippen LogP contribution in [-0.4, -0.2) is 50.2 Å². The predicted octanol–water partition coefficient (Wildman–Crippen LogP) is 2.29. The van der Waals surface area contributed by atoms with Gasteiger partial charge in [-0.05, 0) is 51.2 Å². The number of nitrogens with zero attached hydrogens (tertiary/aromatic N) is 1. The molecule has 0 aromatic heterocycles. The molecule has 1 heterocycles. The Kier molecular flexibility index (Phi) is 5.18. The van der Waals surface area contributed by atoms with Crippen molar-refractivity contribution in [3.8, 4) is 0 Å². The van der Waals surface area contributed by atoms with E-state index in [-0.39, 0.29) is 11.4 Å². The number of rotatable bonds is 4. The Hall–Kier alpha value is -0.910. The summed E-state index contributed by atoms with van der Waals surface area (Å²) in [5.74, 6) is -0.0229. The van der Waals surface area contributed by atoms with Crippen LogP contribution in [0.4, 0.5) is 0 Å². The molecular formula is C15H21BrN2O2. The second-order valence-electron chi connectivity index (χ2n) is 5.42. The second kappa shape index (κ2) is 6.70. The lowest BCUT2D eigenvalue weighted by Crippen LogP contribution is -2.55. The highest BCUT2D eigenvalue weighted by Gasteiger charge is 2.35. The van der Waals surface area contributed by atoms with Crippen molar-refractivity contribution >= 4 is 21.8 Å². The number of carbonyl (C=O) groups excluding carboxylic acids is 1. The molecule has 20 heavy (non-hydrogen) atoms. The lowest BCUT2D eigenvalue weighted by molar-refractivity contribution is -0.00657. The number of benzene rings is 1. The van der Waals surface area contributed by atoms with Crippen LogP contribution in [0.3, 0.4) is 0 Å². The summed E-state index contributed by atoms with van der Waals surface area (Å²) in [5, 5.41) is 3.06. The molecule has 4 nitrogen and oxygen atoms in total. The minimum absolute atomic E-state index is 0.00325. The molecule has 0 aliphatic carbocycles. The molecule has 1 fully saturated rings. The molecule has 1 N–H and O–H groups in total. The van der Waals surface area contributed by atoms with Crippen molar-refractivity contribution in [3.05, 3.63) is 34.3 Å². The van der Waals surface area contributed by atoms with Gasteiger partial charge in [0.15, 0.2) is 0 Å². The smallest absolute Gasteiger partial charge is 0.251 e. The van der Waals surface area contributed by atoms with E-state index in [2.05, 4.69) is 40.2 Å². The van der Waals surface area contributed by atoms with Gasteiger partial charge in [0.2, 0.25) is 0 Å². The third-order valence-corrected chi connectivity index (χ3v) is 4.59. The van der Waals surface area contributed by atoms with Crippen molar-refractivity contribution in [2.75, 3.05) is 33.9 Å². The third kappa shape index (κ3) is 3.59. The molecule has 1 aliphatic rings. The molecule has 1 aromatic rings. The molecule has 0 spiro atoms. The Bertz CT molecular complexity index is 453. The normalized spacial score (nSPS) is 18.0. The summed E-state index contributed by atoms with van der Waals surface area (Å²) in [6, 6.07) is 7.41. The van der Waals surface area contributed by atoms with Crippen LogP contribution >= 0.6 is 15.9 Å². The molecule has 1 aromatic carbocycles. The van der Waals surface area contributed by atoms with Crippen LogP contribution in [0.1, 0.15) is 23.2 Å². The zero-order valence-corrected chi connectivity index (χ0v) is 13.6. The van der Waals surface area contributed by atoms with E-state index in [4.69, 9.17) is 4.74 Å². The summed E-state index contributed by atoms with van der Waals surface area (Å²) in [4.78, 5) is 14.4. The van der Waals surface area contributed by atoms with E-state index in [0.717, 1.165) is 30.5 Å². The number of hydrogen-bond donors (Lipinski definition) is 1. The Labute approximate surface area is 128 Å². The van der Waals surface area contributed by atoms with Crippen molar-refractivity contribution in [2.24, 2.45) is 0 Å². The number of nitrogens with one attached hydrogen (secondary N) is 1. The highest BCUT2D eigenvalue weighted by atomic mass is 79.9. The highest BCUT2D eigenvalue weighted by molar-refractivity contribution is 9.10. The van der Waals surface area contributed by atoms with Gasteiger partial charge in [-0.15, -0.1) is 0 Å². The van der Waals surface area contributed by atoms with Crippen LogP contribution in [-0.2, 0) is 4.74 Å². The van der Waals surface area contributed by atoms with E-state index in [1.54, 1.807) is 0 Å². The van der Waals surface area contributed by atoms with E-state index in [0.29, 0.717) is 12.1 Å². The fraction of sp³-hybridized carbons (Fsp3) is 0.533. The average molecular weight is 341 g/mol. The van der Waals surface area contributed by atoms with Crippen molar-refractivity contribution in [1.82, 2.24) is 10.2 Å². The van der Waals surface area contributed by atoms with Gasteiger partial charge in [-0.1, -0.05) is 15.9 Å². The number of carbonyl (C=O) groups is 1. The number of halogens is 1. The van der Waals surface area contributed by atoms with Gasteiger partial charge in [0, 0.05) is 35.3 Å². The van der Waals surface area contributed by atoms with E-state index >= 15 is 0 Å². The summed E-state index contributed by atoms with van der Waals surface area (Å²) in [7, 11) is 4.13. The first kappa shape index (κ1) is 15.5. The summed E-state index contributed by atoms with van der Waals surface area (Å²) < 4.78 is 6.41. The van der Waals surface area contributed by atoms with Crippen molar-refractivity contribution in [3.63, 3.8) is 0 Å². The Morgan fingerprint density at radius 2 is 1.90 bits per heavy atom. The van der Waals surface area contributed by atoms with Gasteiger partial charge >= 0.3 is 0 Å². The van der Waals surface area contributed by atoms with E-state index in [1.807, 2.05) is 24.3 Å². The standard InChI is InChI=1S/C15H21BrN2O2/c1-18(2)15(7-9-20-10-8-15)11-17-14(19)12-3-5-13(16)6-4-12/h3-6H,7-11H2,1-2H3,(H,17,19). The van der Waals surface area contributed by atoms with E-state index < -0.39 is 0 Å². The molecule has 1 amide bonds. The van der Waals surface area contributed by atoms with Crippen LogP contribution in [0.5, 0.6) is 0 Å². The van der Waals surface area contributed by atoms with Gasteiger partial charge in [0.25, 0.3) is 5.91 Å². The molecular weight excluding hydrogens is 320 g/mol. The topological polar surface area (TPSA) is 41.6 Å². The molecule has 2 rings (SSSR count). The van der Waals surface area contributed by atoms with Gasteiger partial charge in [-0.3, -0.25) is 4.79 Å². The fourth-order valence-corrected chi connectivity index (χ4v) is 2.75. The van der Waals surface area contributed by atoms with Crippen LogP contribution in [0.2, 0.25) is 0 Å². The van der Waals surface area contributed by atoms with Crippen molar-refractivity contribution in [1.29, 1.82) is 0 Å². The molecule has 0 saturated carbocycles. The fourth-order valence-electron chi connectivity index (χ4n) is 2.48. The lowest BCUT2D eigenvalue weighted by Gasteiger charge is -2.42. The third-order valence-electron chi connectivity index (χ3n) is 4.06. The Balaban J connectivity index is 1.98. The summed E-state index contributed by atoms with van der Waals surface area (Å²) in [6.07, 6.45) is 1.89. The first-order valence-corrected chi connectivity index (χ1v) is 7.62. The molecule has 110 valence electrons. The van der Waals surface area contributed by atoms with Gasteiger partial charge in [0.05, 0.1) is 0 Å². The zero-order valence-electron chi connectivity index (χ0n) is 12.0. The minimum Gasteiger partial charge on any atom is -0.381 e. The summed E-state index contributed by atoms with van der Waals surface area (Å²) in [6.45, 7) is 2.16. The van der Waals surface area contributed by atoms with E-state index in [1.165, 1.54) is 0 Å². The Morgan fingerprint density at radius 3 is 2.45 bits per heavy atom.